The Bertz CT molecular complexity index is 322. The third-order valence-electron chi connectivity index (χ3n) is 1.10. The lowest BCUT2D eigenvalue weighted by atomic mass is 10.5. The maximum atomic E-state index is 11.8. The highest BCUT2D eigenvalue weighted by atomic mass is 32.2. The second-order valence-corrected chi connectivity index (χ2v) is 3.76. The van der Waals surface area contributed by atoms with Crippen LogP contribution in [0.2, 0.25) is 0 Å². The number of pyridine rings is 1. The van der Waals surface area contributed by atoms with Crippen LogP contribution in [0, 0.1) is 0 Å². The van der Waals surface area contributed by atoms with Gasteiger partial charge in [0.1, 0.15) is 0 Å². The summed E-state index contributed by atoms with van der Waals surface area (Å²) >= 11 is 0. The van der Waals surface area contributed by atoms with E-state index in [-0.39, 0.29) is 5.03 Å². The molecular formula is C6H6FNO2S. The van der Waals surface area contributed by atoms with Gasteiger partial charge < -0.3 is 0 Å². The fourth-order valence-corrected chi connectivity index (χ4v) is 1.21. The average molecular weight is 175 g/mol. The molecule has 0 saturated heterocycles. The molecule has 1 aromatic heterocycles. The summed E-state index contributed by atoms with van der Waals surface area (Å²) in [6, 6.07) is 2.92. The van der Waals surface area contributed by atoms with E-state index in [0.717, 1.165) is 0 Å². The van der Waals surface area contributed by atoms with Crippen LogP contribution in [0.5, 0.6) is 0 Å². The molecule has 0 N–H and O–H groups in total. The van der Waals surface area contributed by atoms with Crippen molar-refractivity contribution in [3.8, 4) is 0 Å². The Morgan fingerprint density at radius 1 is 1.45 bits per heavy atom. The summed E-state index contributed by atoms with van der Waals surface area (Å²) in [5.41, 5.74) is 0. The lowest BCUT2D eigenvalue weighted by Gasteiger charge is -1.95. The quantitative estimate of drug-likeness (QED) is 0.667. The number of sulfone groups is 1. The summed E-state index contributed by atoms with van der Waals surface area (Å²) in [5, 5.41) is -0.220. The Morgan fingerprint density at radius 2 is 2.18 bits per heavy atom. The molecule has 0 saturated carbocycles. The fourth-order valence-electron chi connectivity index (χ4n) is 0.587. The highest BCUT2D eigenvalue weighted by Crippen LogP contribution is 2.05. The maximum absolute atomic E-state index is 11.8. The van der Waals surface area contributed by atoms with Crippen LogP contribution in [0.4, 0.5) is 4.39 Å². The normalized spacial score (nSPS) is 11.4. The van der Waals surface area contributed by atoms with Gasteiger partial charge in [0.15, 0.2) is 11.0 Å². The Morgan fingerprint density at radius 3 is 2.64 bits per heavy atom. The van der Waals surface area contributed by atoms with Crippen LogP contribution in [0.1, 0.15) is 0 Å². The van der Waals surface area contributed by atoms with Crippen molar-refractivity contribution >= 4 is 9.84 Å². The van der Waals surface area contributed by atoms with Gasteiger partial charge in [-0.05, 0) is 12.1 Å². The van der Waals surface area contributed by atoms with E-state index in [4.69, 9.17) is 0 Å². The minimum atomic E-state index is -3.78. The third kappa shape index (κ3) is 1.74. The molecule has 1 rings (SSSR count). The molecule has 1 aromatic rings. The van der Waals surface area contributed by atoms with Gasteiger partial charge in [-0.25, -0.2) is 17.8 Å². The van der Waals surface area contributed by atoms with Crippen molar-refractivity contribution in [3.05, 3.63) is 24.4 Å². The van der Waals surface area contributed by atoms with Crippen LogP contribution in [-0.4, -0.2) is 19.4 Å². The number of hydrogen-bond donors (Lipinski definition) is 0. The van der Waals surface area contributed by atoms with E-state index >= 15 is 0 Å². The second kappa shape index (κ2) is 2.96. The Balaban J connectivity index is 3.14. The van der Waals surface area contributed by atoms with Gasteiger partial charge in [0.25, 0.3) is 0 Å². The number of rotatable bonds is 2. The summed E-state index contributed by atoms with van der Waals surface area (Å²) in [6.45, 7) is 0. The van der Waals surface area contributed by atoms with Crippen LogP contribution in [0.25, 0.3) is 0 Å². The van der Waals surface area contributed by atoms with Crippen molar-refractivity contribution < 1.29 is 12.8 Å². The smallest absolute Gasteiger partial charge is 0.224 e. The topological polar surface area (TPSA) is 47.0 Å². The fraction of sp³-hybridized carbons (Fsp3) is 0.167. The van der Waals surface area contributed by atoms with Gasteiger partial charge in [-0.2, -0.15) is 0 Å². The van der Waals surface area contributed by atoms with E-state index in [1.165, 1.54) is 18.3 Å². The van der Waals surface area contributed by atoms with Crippen molar-refractivity contribution in [2.75, 3.05) is 6.01 Å². The summed E-state index contributed by atoms with van der Waals surface area (Å²) < 4.78 is 33.4. The molecule has 1 heterocycles. The van der Waals surface area contributed by atoms with Gasteiger partial charge in [0, 0.05) is 6.20 Å². The zero-order valence-electron chi connectivity index (χ0n) is 5.57. The summed E-state index contributed by atoms with van der Waals surface area (Å²) in [6.07, 6.45) is 1.31. The molecule has 3 nitrogen and oxygen atoms in total. The lowest BCUT2D eigenvalue weighted by Crippen LogP contribution is -2.04. The van der Waals surface area contributed by atoms with Crippen LogP contribution in [-0.2, 0) is 9.84 Å². The molecule has 0 fully saturated rings. The highest BCUT2D eigenvalue weighted by Gasteiger charge is 2.13. The number of hydrogen-bond acceptors (Lipinski definition) is 3. The van der Waals surface area contributed by atoms with Crippen LogP contribution < -0.4 is 0 Å². The highest BCUT2D eigenvalue weighted by molar-refractivity contribution is 7.91. The number of alkyl halides is 1. The lowest BCUT2D eigenvalue weighted by molar-refractivity contribution is 0.532. The van der Waals surface area contributed by atoms with Gasteiger partial charge in [-0.1, -0.05) is 6.07 Å². The summed E-state index contributed by atoms with van der Waals surface area (Å²) in [4.78, 5) is 3.49. The van der Waals surface area contributed by atoms with E-state index in [1.807, 2.05) is 0 Å². The van der Waals surface area contributed by atoms with Gasteiger partial charge in [-0.3, -0.25) is 0 Å². The van der Waals surface area contributed by atoms with Crippen LogP contribution in [0.3, 0.4) is 0 Å². The minimum absolute atomic E-state index is 0.220. The molecule has 0 atom stereocenters. The predicted molar refractivity (Wildman–Crippen MR) is 37.4 cm³/mol. The molecule has 0 aliphatic rings. The van der Waals surface area contributed by atoms with Gasteiger partial charge in [0.05, 0.1) is 0 Å². The Hall–Kier alpha value is -0.970. The molecule has 0 spiro atoms. The second-order valence-electron chi connectivity index (χ2n) is 1.89. The predicted octanol–water partition coefficient (Wildman–Crippen LogP) is 0.782. The first-order chi connectivity index (χ1) is 5.17. The van der Waals surface area contributed by atoms with E-state index in [1.54, 1.807) is 6.07 Å². The zero-order chi connectivity index (χ0) is 8.32. The molecule has 5 heteroatoms. The van der Waals surface area contributed by atoms with Crippen molar-refractivity contribution in [1.29, 1.82) is 0 Å². The average Bonchev–Trinajstić information content (AvgIpc) is 2.06. The largest absolute Gasteiger partial charge is 0.245 e. The number of halogens is 1. The maximum Gasteiger partial charge on any atom is 0.224 e. The molecule has 11 heavy (non-hydrogen) atoms. The van der Waals surface area contributed by atoms with E-state index < -0.39 is 15.8 Å². The molecular weight excluding hydrogens is 169 g/mol. The van der Waals surface area contributed by atoms with Gasteiger partial charge in [-0.15, -0.1) is 0 Å². The van der Waals surface area contributed by atoms with Gasteiger partial charge >= 0.3 is 0 Å². The first-order valence-corrected chi connectivity index (χ1v) is 4.52. The Kier molecular flexibility index (Phi) is 2.19. The first kappa shape index (κ1) is 8.13. The molecule has 0 radical (unpaired) electrons. The first-order valence-electron chi connectivity index (χ1n) is 2.86. The molecule has 0 amide bonds. The standard InChI is InChI=1S/C6H6FNO2S/c7-5-11(9,10)6-3-1-2-4-8-6/h1-4H,5H2. The van der Waals surface area contributed by atoms with Gasteiger partial charge in [0.2, 0.25) is 9.84 Å². The molecule has 0 aromatic carbocycles. The summed E-state index contributed by atoms with van der Waals surface area (Å²) in [7, 11) is -3.78. The Labute approximate surface area is 63.8 Å². The zero-order valence-corrected chi connectivity index (χ0v) is 6.38. The van der Waals surface area contributed by atoms with Crippen LogP contribution in [0.15, 0.2) is 29.4 Å². The molecule has 0 bridgehead atoms. The van der Waals surface area contributed by atoms with Crippen LogP contribution >= 0.6 is 0 Å². The monoisotopic (exact) mass is 175 g/mol. The molecule has 0 unspecified atom stereocenters. The van der Waals surface area contributed by atoms with E-state index in [9.17, 15) is 12.8 Å². The van der Waals surface area contributed by atoms with Crippen molar-refractivity contribution in [3.63, 3.8) is 0 Å². The van der Waals surface area contributed by atoms with Crippen molar-refractivity contribution in [2.45, 2.75) is 5.03 Å². The van der Waals surface area contributed by atoms with Crippen molar-refractivity contribution in [1.82, 2.24) is 4.98 Å². The molecule has 0 aliphatic heterocycles. The van der Waals surface area contributed by atoms with E-state index in [2.05, 4.69) is 4.98 Å². The third-order valence-corrected chi connectivity index (χ3v) is 2.27. The SMILES string of the molecule is O=S(=O)(CF)c1ccccn1. The molecule has 60 valence electrons. The minimum Gasteiger partial charge on any atom is -0.245 e. The molecule has 0 aliphatic carbocycles. The summed E-state index contributed by atoms with van der Waals surface area (Å²) in [5.74, 6) is 0. The number of aromatic nitrogens is 1. The van der Waals surface area contributed by atoms with E-state index in [0.29, 0.717) is 0 Å². The van der Waals surface area contributed by atoms with Crippen molar-refractivity contribution in [2.24, 2.45) is 0 Å². The number of nitrogens with zero attached hydrogens (tertiary/aromatic N) is 1.